The Balaban J connectivity index is 2.13. The second-order valence-electron chi connectivity index (χ2n) is 6.04. The molecule has 1 aromatic carbocycles. The fourth-order valence-electron chi connectivity index (χ4n) is 3.13. The third-order valence-electron chi connectivity index (χ3n) is 4.31. The van der Waals surface area contributed by atoms with Gasteiger partial charge in [-0.05, 0) is 39.0 Å². The standard InChI is InChI=1S/C15H18N2O3/c1-9-7-15(20-19-9)13(17)11-6-10(8-16)4-5-12(11)18-14(15,2)3/h4-6,9,13H,7,17H2,1-3H3. The molecule has 1 fully saturated rings. The monoisotopic (exact) mass is 274 g/mol. The number of ether oxygens (including phenoxy) is 1. The van der Waals surface area contributed by atoms with E-state index in [-0.39, 0.29) is 6.10 Å². The van der Waals surface area contributed by atoms with Gasteiger partial charge in [0.2, 0.25) is 0 Å². The van der Waals surface area contributed by atoms with E-state index >= 15 is 0 Å². The van der Waals surface area contributed by atoms with E-state index < -0.39 is 17.2 Å². The van der Waals surface area contributed by atoms with Crippen molar-refractivity contribution < 1.29 is 14.5 Å². The predicted octanol–water partition coefficient (Wildman–Crippen LogP) is 2.21. The number of hydrogen-bond donors (Lipinski definition) is 1. The van der Waals surface area contributed by atoms with Crippen LogP contribution in [0.4, 0.5) is 0 Å². The highest BCUT2D eigenvalue weighted by Crippen LogP contribution is 2.52. The minimum Gasteiger partial charge on any atom is -0.484 e. The van der Waals surface area contributed by atoms with Gasteiger partial charge in [-0.1, -0.05) is 0 Å². The molecule has 0 aromatic heterocycles. The summed E-state index contributed by atoms with van der Waals surface area (Å²) in [5, 5.41) is 9.04. The third kappa shape index (κ3) is 1.66. The molecule has 0 radical (unpaired) electrons. The quantitative estimate of drug-likeness (QED) is 0.734. The fraction of sp³-hybridized carbons (Fsp3) is 0.533. The number of nitrogens with zero attached hydrogens (tertiary/aromatic N) is 1. The molecule has 0 saturated carbocycles. The van der Waals surface area contributed by atoms with Crippen molar-refractivity contribution in [2.75, 3.05) is 0 Å². The van der Waals surface area contributed by atoms with Crippen LogP contribution in [0.25, 0.3) is 0 Å². The molecule has 5 heteroatoms. The summed E-state index contributed by atoms with van der Waals surface area (Å²) < 4.78 is 6.08. The van der Waals surface area contributed by atoms with Gasteiger partial charge in [0.25, 0.3) is 0 Å². The molecule has 20 heavy (non-hydrogen) atoms. The van der Waals surface area contributed by atoms with Crippen LogP contribution >= 0.6 is 0 Å². The molecule has 1 spiro atoms. The number of nitrogens with two attached hydrogens (primary N) is 1. The van der Waals surface area contributed by atoms with E-state index in [0.717, 1.165) is 5.56 Å². The van der Waals surface area contributed by atoms with E-state index in [1.54, 1.807) is 18.2 Å². The Morgan fingerprint density at radius 2 is 2.15 bits per heavy atom. The summed E-state index contributed by atoms with van der Waals surface area (Å²) in [6.07, 6.45) is 0.613. The van der Waals surface area contributed by atoms with E-state index in [1.807, 2.05) is 20.8 Å². The summed E-state index contributed by atoms with van der Waals surface area (Å²) in [5.74, 6) is 0.704. The minimum absolute atomic E-state index is 0.0374. The van der Waals surface area contributed by atoms with Crippen LogP contribution in [-0.2, 0) is 9.78 Å². The van der Waals surface area contributed by atoms with Crippen LogP contribution in [0.5, 0.6) is 5.75 Å². The van der Waals surface area contributed by atoms with Crippen LogP contribution in [0.1, 0.15) is 44.4 Å². The Morgan fingerprint density at radius 1 is 1.40 bits per heavy atom. The Morgan fingerprint density at radius 3 is 2.75 bits per heavy atom. The molecule has 1 aromatic rings. The van der Waals surface area contributed by atoms with Crippen molar-refractivity contribution in [1.29, 1.82) is 5.26 Å². The number of rotatable bonds is 0. The lowest BCUT2D eigenvalue weighted by Crippen LogP contribution is -2.62. The van der Waals surface area contributed by atoms with Crippen LogP contribution in [-0.4, -0.2) is 17.3 Å². The van der Waals surface area contributed by atoms with Gasteiger partial charge in [-0.3, -0.25) is 0 Å². The third-order valence-corrected chi connectivity index (χ3v) is 4.31. The summed E-state index contributed by atoms with van der Waals surface area (Å²) in [7, 11) is 0. The zero-order valence-corrected chi connectivity index (χ0v) is 11.8. The normalized spacial score (nSPS) is 34.4. The molecule has 3 unspecified atom stereocenters. The predicted molar refractivity (Wildman–Crippen MR) is 71.8 cm³/mol. The molecular weight excluding hydrogens is 256 g/mol. The van der Waals surface area contributed by atoms with E-state index in [0.29, 0.717) is 17.7 Å². The van der Waals surface area contributed by atoms with Gasteiger partial charge in [0.05, 0.1) is 23.8 Å². The molecule has 2 N–H and O–H groups in total. The Hall–Kier alpha value is -1.61. The second kappa shape index (κ2) is 4.19. The number of benzene rings is 1. The Bertz CT molecular complexity index is 593. The minimum atomic E-state index is -0.743. The molecule has 106 valence electrons. The van der Waals surface area contributed by atoms with Crippen LogP contribution in [0.15, 0.2) is 18.2 Å². The lowest BCUT2D eigenvalue weighted by atomic mass is 9.72. The summed E-state index contributed by atoms with van der Waals surface area (Å²) in [4.78, 5) is 10.9. The maximum atomic E-state index is 9.04. The summed E-state index contributed by atoms with van der Waals surface area (Å²) >= 11 is 0. The van der Waals surface area contributed by atoms with Crippen LogP contribution in [0, 0.1) is 11.3 Å². The lowest BCUT2D eigenvalue weighted by Gasteiger charge is -2.49. The largest absolute Gasteiger partial charge is 0.484 e. The summed E-state index contributed by atoms with van der Waals surface area (Å²) in [6.45, 7) is 5.85. The number of nitriles is 1. The first-order valence-electron chi connectivity index (χ1n) is 6.73. The molecule has 2 aliphatic rings. The first kappa shape index (κ1) is 13.4. The van der Waals surface area contributed by atoms with Crippen molar-refractivity contribution in [1.82, 2.24) is 0 Å². The molecule has 0 aliphatic carbocycles. The highest BCUT2D eigenvalue weighted by molar-refractivity contribution is 5.47. The lowest BCUT2D eigenvalue weighted by molar-refractivity contribution is -0.356. The van der Waals surface area contributed by atoms with E-state index in [9.17, 15) is 0 Å². The van der Waals surface area contributed by atoms with Crippen molar-refractivity contribution in [3.05, 3.63) is 29.3 Å². The molecular formula is C15H18N2O3. The van der Waals surface area contributed by atoms with Crippen molar-refractivity contribution in [2.24, 2.45) is 5.73 Å². The topological polar surface area (TPSA) is 77.5 Å². The Labute approximate surface area is 118 Å². The molecule has 2 aliphatic heterocycles. The summed E-state index contributed by atoms with van der Waals surface area (Å²) in [6, 6.07) is 7.01. The van der Waals surface area contributed by atoms with Gasteiger partial charge >= 0.3 is 0 Å². The van der Waals surface area contributed by atoms with Gasteiger partial charge in [-0.25, -0.2) is 9.78 Å². The molecule has 0 bridgehead atoms. The second-order valence-corrected chi connectivity index (χ2v) is 6.04. The molecule has 2 heterocycles. The summed E-state index contributed by atoms with van der Waals surface area (Å²) in [5.41, 5.74) is 6.45. The van der Waals surface area contributed by atoms with Gasteiger partial charge in [0.15, 0.2) is 5.60 Å². The van der Waals surface area contributed by atoms with E-state index in [4.69, 9.17) is 25.5 Å². The van der Waals surface area contributed by atoms with Gasteiger partial charge in [-0.15, -0.1) is 0 Å². The zero-order chi connectivity index (χ0) is 14.5. The van der Waals surface area contributed by atoms with Crippen molar-refractivity contribution >= 4 is 0 Å². The van der Waals surface area contributed by atoms with Gasteiger partial charge in [0, 0.05) is 12.0 Å². The van der Waals surface area contributed by atoms with Gasteiger partial charge in [-0.2, -0.15) is 5.26 Å². The molecule has 0 amide bonds. The maximum absolute atomic E-state index is 9.04. The molecule has 3 rings (SSSR count). The van der Waals surface area contributed by atoms with Crippen LogP contribution < -0.4 is 10.5 Å². The van der Waals surface area contributed by atoms with Crippen molar-refractivity contribution in [3.63, 3.8) is 0 Å². The van der Waals surface area contributed by atoms with Crippen LogP contribution in [0.3, 0.4) is 0 Å². The highest BCUT2D eigenvalue weighted by atomic mass is 17.2. The average molecular weight is 274 g/mol. The molecule has 5 nitrogen and oxygen atoms in total. The smallest absolute Gasteiger partial charge is 0.164 e. The maximum Gasteiger partial charge on any atom is 0.164 e. The fourth-order valence-corrected chi connectivity index (χ4v) is 3.13. The SMILES string of the molecule is CC1CC2(OO1)C(N)c1cc(C#N)ccc1OC2(C)C. The highest BCUT2D eigenvalue weighted by Gasteiger charge is 2.61. The van der Waals surface area contributed by atoms with Gasteiger partial charge < -0.3 is 10.5 Å². The van der Waals surface area contributed by atoms with E-state index in [1.165, 1.54) is 0 Å². The number of hydrogen-bond acceptors (Lipinski definition) is 5. The number of fused-ring (bicyclic) bond motifs is 1. The molecule has 3 atom stereocenters. The van der Waals surface area contributed by atoms with E-state index in [2.05, 4.69) is 6.07 Å². The van der Waals surface area contributed by atoms with Crippen molar-refractivity contribution in [2.45, 2.75) is 50.5 Å². The van der Waals surface area contributed by atoms with Crippen LogP contribution in [0.2, 0.25) is 0 Å². The Kier molecular flexibility index (Phi) is 2.80. The zero-order valence-electron chi connectivity index (χ0n) is 11.8. The van der Waals surface area contributed by atoms with Crippen molar-refractivity contribution in [3.8, 4) is 11.8 Å². The average Bonchev–Trinajstić information content (AvgIpc) is 2.80. The molecule has 1 saturated heterocycles. The van der Waals surface area contributed by atoms with Gasteiger partial charge in [0.1, 0.15) is 11.4 Å². The first-order valence-corrected chi connectivity index (χ1v) is 6.73. The first-order chi connectivity index (χ1) is 9.39.